The van der Waals surface area contributed by atoms with Crippen molar-refractivity contribution in [3.05, 3.63) is 23.8 Å². The highest BCUT2D eigenvalue weighted by Crippen LogP contribution is 2.20. The van der Waals surface area contributed by atoms with Gasteiger partial charge in [-0.05, 0) is 36.6 Å². The second-order valence-electron chi connectivity index (χ2n) is 4.26. The van der Waals surface area contributed by atoms with Crippen LogP contribution in [0.25, 0.3) is 0 Å². The van der Waals surface area contributed by atoms with Crippen molar-refractivity contribution in [2.75, 3.05) is 5.32 Å². The van der Waals surface area contributed by atoms with E-state index < -0.39 is 6.04 Å². The summed E-state index contributed by atoms with van der Waals surface area (Å²) in [6.45, 7) is 5.56. The van der Waals surface area contributed by atoms with Gasteiger partial charge in [0.1, 0.15) is 5.75 Å². The number of carbonyl (C=O) groups is 1. The van der Waals surface area contributed by atoms with Crippen LogP contribution in [0, 0.1) is 12.8 Å². The van der Waals surface area contributed by atoms with Crippen molar-refractivity contribution >= 4 is 24.0 Å². The number of aryl methyl sites for hydroxylation is 1. The van der Waals surface area contributed by atoms with E-state index >= 15 is 0 Å². The molecule has 1 aromatic rings. The molecule has 96 valence electrons. The number of halogens is 1. The third-order valence-corrected chi connectivity index (χ3v) is 2.49. The number of phenolic OH excluding ortho intramolecular Hbond substituents is 1. The fraction of sp³-hybridized carbons (Fsp3) is 0.417. The van der Waals surface area contributed by atoms with Gasteiger partial charge in [0.2, 0.25) is 5.91 Å². The van der Waals surface area contributed by atoms with Gasteiger partial charge in [0.25, 0.3) is 0 Å². The topological polar surface area (TPSA) is 75.4 Å². The van der Waals surface area contributed by atoms with E-state index in [9.17, 15) is 9.90 Å². The summed E-state index contributed by atoms with van der Waals surface area (Å²) >= 11 is 0. The molecule has 0 saturated carbocycles. The average molecular weight is 259 g/mol. The number of carbonyl (C=O) groups excluding carboxylic acids is 1. The normalized spacial score (nSPS) is 11.8. The van der Waals surface area contributed by atoms with Gasteiger partial charge >= 0.3 is 0 Å². The number of nitrogens with one attached hydrogen (secondary N) is 1. The summed E-state index contributed by atoms with van der Waals surface area (Å²) in [6, 6.07) is 4.38. The summed E-state index contributed by atoms with van der Waals surface area (Å²) in [6.07, 6.45) is 0. The van der Waals surface area contributed by atoms with Crippen LogP contribution in [0.5, 0.6) is 5.75 Å². The van der Waals surface area contributed by atoms with Crippen LogP contribution in [0.3, 0.4) is 0 Å². The van der Waals surface area contributed by atoms with Gasteiger partial charge in [-0.25, -0.2) is 0 Å². The Balaban J connectivity index is 0.00000256. The third kappa shape index (κ3) is 4.24. The molecule has 4 N–H and O–H groups in total. The van der Waals surface area contributed by atoms with Gasteiger partial charge in [-0.15, -0.1) is 12.4 Å². The maximum Gasteiger partial charge on any atom is 0.241 e. The zero-order chi connectivity index (χ0) is 12.3. The molecule has 5 heteroatoms. The monoisotopic (exact) mass is 258 g/mol. The van der Waals surface area contributed by atoms with Crippen molar-refractivity contribution in [2.24, 2.45) is 11.7 Å². The lowest BCUT2D eigenvalue weighted by atomic mass is 10.0. The lowest BCUT2D eigenvalue weighted by molar-refractivity contribution is -0.118. The molecule has 1 aromatic carbocycles. The van der Waals surface area contributed by atoms with Crippen molar-refractivity contribution in [1.29, 1.82) is 0 Å². The summed E-state index contributed by atoms with van der Waals surface area (Å²) in [5, 5.41) is 12.1. The average Bonchev–Trinajstić information content (AvgIpc) is 2.22. The highest BCUT2D eigenvalue weighted by atomic mass is 35.5. The van der Waals surface area contributed by atoms with Crippen LogP contribution >= 0.6 is 12.4 Å². The Morgan fingerprint density at radius 1 is 1.41 bits per heavy atom. The van der Waals surface area contributed by atoms with E-state index in [4.69, 9.17) is 5.73 Å². The summed E-state index contributed by atoms with van der Waals surface area (Å²) in [7, 11) is 0. The maximum atomic E-state index is 11.7. The van der Waals surface area contributed by atoms with Crippen molar-refractivity contribution in [2.45, 2.75) is 26.8 Å². The van der Waals surface area contributed by atoms with Gasteiger partial charge in [0, 0.05) is 5.69 Å². The number of amides is 1. The maximum absolute atomic E-state index is 11.7. The summed E-state index contributed by atoms with van der Waals surface area (Å²) in [4.78, 5) is 11.7. The molecule has 1 rings (SSSR count). The molecular weight excluding hydrogens is 240 g/mol. The molecule has 0 aliphatic carbocycles. The molecule has 0 heterocycles. The molecular formula is C12H19ClN2O2. The first-order valence-electron chi connectivity index (χ1n) is 5.28. The van der Waals surface area contributed by atoms with Crippen LogP contribution in [-0.2, 0) is 4.79 Å². The predicted molar refractivity (Wildman–Crippen MR) is 71.5 cm³/mol. The first kappa shape index (κ1) is 15.7. The minimum absolute atomic E-state index is 0. The number of benzene rings is 1. The quantitative estimate of drug-likeness (QED) is 0.727. The van der Waals surface area contributed by atoms with E-state index in [2.05, 4.69) is 5.32 Å². The van der Waals surface area contributed by atoms with Gasteiger partial charge in [0.15, 0.2) is 0 Å². The van der Waals surface area contributed by atoms with E-state index in [1.54, 1.807) is 25.1 Å². The van der Waals surface area contributed by atoms with E-state index in [0.717, 1.165) is 5.56 Å². The number of hydrogen-bond donors (Lipinski definition) is 3. The standard InChI is InChI=1S/C12H18N2O2.ClH/c1-7(2)11(13)12(16)14-9-4-5-10(15)8(3)6-9;/h4-7,11,15H,13H2,1-3H3,(H,14,16);1H/t11-;/m1./s1. The van der Waals surface area contributed by atoms with Gasteiger partial charge in [0.05, 0.1) is 6.04 Å². The molecule has 0 aromatic heterocycles. The smallest absolute Gasteiger partial charge is 0.241 e. The molecule has 4 nitrogen and oxygen atoms in total. The summed E-state index contributed by atoms with van der Waals surface area (Å²) in [5.41, 5.74) is 7.08. The fourth-order valence-corrected chi connectivity index (χ4v) is 1.26. The van der Waals surface area contributed by atoms with E-state index in [1.807, 2.05) is 13.8 Å². The lowest BCUT2D eigenvalue weighted by Crippen LogP contribution is -2.39. The van der Waals surface area contributed by atoms with E-state index in [0.29, 0.717) is 5.69 Å². The highest BCUT2D eigenvalue weighted by molar-refractivity contribution is 5.94. The number of anilines is 1. The minimum atomic E-state index is -0.519. The zero-order valence-electron chi connectivity index (χ0n) is 10.2. The Bertz CT molecular complexity index is 394. The van der Waals surface area contributed by atoms with Crippen molar-refractivity contribution in [3.63, 3.8) is 0 Å². The van der Waals surface area contributed by atoms with E-state index in [-0.39, 0.29) is 30.0 Å². The predicted octanol–water partition coefficient (Wildman–Crippen LogP) is 2.04. The molecule has 1 atom stereocenters. The number of nitrogens with two attached hydrogens (primary N) is 1. The number of hydrogen-bond acceptors (Lipinski definition) is 3. The van der Waals surface area contributed by atoms with Gasteiger partial charge < -0.3 is 16.2 Å². The summed E-state index contributed by atoms with van der Waals surface area (Å²) in [5.74, 6) is 0.101. The van der Waals surface area contributed by atoms with Gasteiger partial charge in [-0.2, -0.15) is 0 Å². The van der Waals surface area contributed by atoms with Crippen LogP contribution in [0.15, 0.2) is 18.2 Å². The van der Waals surface area contributed by atoms with Crippen LogP contribution in [-0.4, -0.2) is 17.1 Å². The summed E-state index contributed by atoms with van der Waals surface area (Å²) < 4.78 is 0. The first-order valence-corrected chi connectivity index (χ1v) is 5.28. The number of aromatic hydroxyl groups is 1. The number of phenols is 1. The fourth-order valence-electron chi connectivity index (χ4n) is 1.26. The molecule has 0 spiro atoms. The second kappa shape index (κ2) is 6.47. The lowest BCUT2D eigenvalue weighted by Gasteiger charge is -2.15. The van der Waals surface area contributed by atoms with Crippen molar-refractivity contribution < 1.29 is 9.90 Å². The van der Waals surface area contributed by atoms with Crippen LogP contribution in [0.4, 0.5) is 5.69 Å². The molecule has 17 heavy (non-hydrogen) atoms. The molecule has 0 saturated heterocycles. The van der Waals surface area contributed by atoms with Crippen molar-refractivity contribution in [3.8, 4) is 5.75 Å². The van der Waals surface area contributed by atoms with Crippen LogP contribution < -0.4 is 11.1 Å². The Kier molecular flexibility index (Phi) is 5.99. The number of rotatable bonds is 3. The molecule has 0 bridgehead atoms. The Morgan fingerprint density at radius 3 is 2.47 bits per heavy atom. The molecule has 0 radical (unpaired) electrons. The zero-order valence-corrected chi connectivity index (χ0v) is 11.0. The Morgan fingerprint density at radius 2 is 2.00 bits per heavy atom. The van der Waals surface area contributed by atoms with Gasteiger partial charge in [-0.3, -0.25) is 4.79 Å². The highest BCUT2D eigenvalue weighted by Gasteiger charge is 2.17. The SMILES string of the molecule is Cc1cc(NC(=O)[C@H](N)C(C)C)ccc1O.Cl. The van der Waals surface area contributed by atoms with Crippen LogP contribution in [0.2, 0.25) is 0 Å². The molecule has 0 fully saturated rings. The largest absolute Gasteiger partial charge is 0.508 e. The first-order chi connectivity index (χ1) is 7.41. The molecule has 1 amide bonds. The Labute approximate surface area is 108 Å². The van der Waals surface area contributed by atoms with E-state index in [1.165, 1.54) is 0 Å². The molecule has 0 unspecified atom stereocenters. The minimum Gasteiger partial charge on any atom is -0.508 e. The van der Waals surface area contributed by atoms with Gasteiger partial charge in [-0.1, -0.05) is 13.8 Å². The molecule has 0 aliphatic heterocycles. The second-order valence-corrected chi connectivity index (χ2v) is 4.26. The van der Waals surface area contributed by atoms with Crippen LogP contribution in [0.1, 0.15) is 19.4 Å². The third-order valence-electron chi connectivity index (χ3n) is 2.49. The Hall–Kier alpha value is -1.26. The van der Waals surface area contributed by atoms with Crippen molar-refractivity contribution in [1.82, 2.24) is 0 Å². The molecule has 0 aliphatic rings.